The lowest BCUT2D eigenvalue weighted by Crippen LogP contribution is -2.25. The summed E-state index contributed by atoms with van der Waals surface area (Å²) in [5.41, 5.74) is 24.8. The number of aryl methyl sites for hydroxylation is 4. The molecule has 11 aromatic carbocycles. The van der Waals surface area contributed by atoms with Crippen LogP contribution in [0.4, 0.5) is 34.1 Å². The molecule has 1 atom stereocenters. The maximum absolute atomic E-state index is 2.55. The average molecular weight is 961 g/mol. The van der Waals surface area contributed by atoms with Crippen molar-refractivity contribution in [3.8, 4) is 22.3 Å². The second-order valence-electron chi connectivity index (χ2n) is 21.8. The number of fused-ring (bicyclic) bond motifs is 10. The fourth-order valence-corrected chi connectivity index (χ4v) is 13.9. The lowest BCUT2D eigenvalue weighted by molar-refractivity contribution is 0.418. The first-order valence-electron chi connectivity index (χ1n) is 27.0. The molecule has 0 radical (unpaired) electrons. The summed E-state index contributed by atoms with van der Waals surface area (Å²) in [6, 6.07) is 85.1. The molecule has 2 heterocycles. The van der Waals surface area contributed by atoms with Crippen LogP contribution in [-0.4, -0.2) is 0 Å². The van der Waals surface area contributed by atoms with Crippen molar-refractivity contribution in [3.05, 3.63) is 276 Å². The summed E-state index contributed by atoms with van der Waals surface area (Å²) in [4.78, 5) is 5.09. The summed E-state index contributed by atoms with van der Waals surface area (Å²) in [5.74, 6) is 0.342. The van der Waals surface area contributed by atoms with E-state index >= 15 is 0 Å². The molecule has 1 unspecified atom stereocenters. The van der Waals surface area contributed by atoms with E-state index in [-0.39, 0.29) is 5.41 Å². The van der Waals surface area contributed by atoms with Crippen molar-refractivity contribution >= 4 is 77.6 Å². The highest BCUT2D eigenvalue weighted by molar-refractivity contribution is 6.21. The molecule has 2 heteroatoms. The smallest absolute Gasteiger partial charge is 0.0493 e. The van der Waals surface area contributed by atoms with Crippen molar-refractivity contribution < 1.29 is 0 Å². The fraction of sp³-hybridized carbons (Fsp3) is 0.123. The standard InChI is InChI=1S/C73H56N2/c1-73(2)65-28-10-9-26-59(65)60-40-37-54(44-66(60)73)72-62-42-39-55(74-67-29-11-4-18-48(67)33-34-49-19-5-12-30-68(49)74)45-63(62)71(53-24-15-23-52(43-53)58-27-16-22-47-17-3-8-25-57(47)58)61-41-38-56(46-64(61)72)75-69-31-13-6-20-50(69)35-36-51-21-7-14-32-70(51)75/h3-32,37-43,45-46,66H,33-36,44H2,1-2H3. The topological polar surface area (TPSA) is 6.48 Å². The summed E-state index contributed by atoms with van der Waals surface area (Å²) >= 11 is 0. The van der Waals surface area contributed by atoms with Crippen LogP contribution < -0.4 is 9.80 Å². The van der Waals surface area contributed by atoms with Gasteiger partial charge in [-0.2, -0.15) is 0 Å². The third-order valence-corrected chi connectivity index (χ3v) is 17.5. The number of hydrogen-bond donors (Lipinski definition) is 0. The van der Waals surface area contributed by atoms with Gasteiger partial charge in [0.1, 0.15) is 0 Å². The highest BCUT2D eigenvalue weighted by Gasteiger charge is 2.44. The minimum Gasteiger partial charge on any atom is -0.310 e. The number of allylic oxidation sites excluding steroid dienone is 4. The van der Waals surface area contributed by atoms with Gasteiger partial charge >= 0.3 is 0 Å². The Morgan fingerprint density at radius 2 is 0.853 bits per heavy atom. The lowest BCUT2D eigenvalue weighted by Gasteiger charge is -2.33. The molecule has 0 saturated carbocycles. The predicted octanol–water partition coefficient (Wildman–Crippen LogP) is 19.4. The molecule has 0 spiro atoms. The molecule has 0 aromatic heterocycles. The van der Waals surface area contributed by atoms with Crippen molar-refractivity contribution in [3.63, 3.8) is 0 Å². The fourth-order valence-electron chi connectivity index (χ4n) is 13.9. The summed E-state index contributed by atoms with van der Waals surface area (Å²) in [6.07, 6.45) is 9.90. The zero-order valence-electron chi connectivity index (χ0n) is 42.5. The Balaban J connectivity index is 1.05. The normalized spacial score (nSPS) is 16.2. The van der Waals surface area contributed by atoms with E-state index in [9.17, 15) is 0 Å². The number of benzene rings is 11. The van der Waals surface area contributed by atoms with Crippen LogP contribution in [-0.2, 0) is 31.1 Å². The average Bonchev–Trinajstić information content (AvgIpc) is 3.59. The molecular formula is C73H56N2. The van der Waals surface area contributed by atoms with Crippen LogP contribution in [0.25, 0.3) is 65.7 Å². The van der Waals surface area contributed by atoms with Crippen molar-refractivity contribution in [1.82, 2.24) is 0 Å². The minimum absolute atomic E-state index is 0.0269. The number of nitrogens with zero attached hydrogens (tertiary/aromatic N) is 2. The van der Waals surface area contributed by atoms with Gasteiger partial charge in [-0.25, -0.2) is 0 Å². The van der Waals surface area contributed by atoms with Crippen LogP contribution in [0.2, 0.25) is 0 Å². The van der Waals surface area contributed by atoms with Gasteiger partial charge in [-0.15, -0.1) is 0 Å². The van der Waals surface area contributed by atoms with Gasteiger partial charge in [0.05, 0.1) is 0 Å². The van der Waals surface area contributed by atoms with E-state index in [0.717, 1.165) is 32.1 Å². The van der Waals surface area contributed by atoms with Crippen LogP contribution in [0, 0.1) is 5.92 Å². The van der Waals surface area contributed by atoms with Gasteiger partial charge in [-0.3, -0.25) is 0 Å². The lowest BCUT2D eigenvalue weighted by atomic mass is 9.71. The van der Waals surface area contributed by atoms with E-state index in [4.69, 9.17) is 0 Å². The summed E-state index contributed by atoms with van der Waals surface area (Å²) in [7, 11) is 0. The maximum Gasteiger partial charge on any atom is 0.0493 e. The molecule has 0 N–H and O–H groups in total. The van der Waals surface area contributed by atoms with Crippen molar-refractivity contribution in [2.24, 2.45) is 5.92 Å². The molecule has 0 bridgehead atoms. The summed E-state index contributed by atoms with van der Waals surface area (Å²) in [5, 5.41) is 7.58. The van der Waals surface area contributed by atoms with Gasteiger partial charge in [-0.1, -0.05) is 196 Å². The highest BCUT2D eigenvalue weighted by atomic mass is 15.2. The monoisotopic (exact) mass is 960 g/mol. The van der Waals surface area contributed by atoms with Gasteiger partial charge < -0.3 is 9.80 Å². The molecule has 0 amide bonds. The van der Waals surface area contributed by atoms with Crippen molar-refractivity contribution in [2.45, 2.75) is 51.4 Å². The van der Waals surface area contributed by atoms with Gasteiger partial charge in [0.25, 0.3) is 0 Å². The molecule has 75 heavy (non-hydrogen) atoms. The SMILES string of the molecule is CC1(C)c2ccccc2C2=CC=C(c3c4cc(N5c6ccccc6CCc6ccccc65)ccc4c(-c4cccc(-c5cccc6ccccc56)c4)c4cc(N5c6ccccc6CCc6ccccc65)ccc34)CC21. The number of para-hydroxylation sites is 4. The second kappa shape index (κ2) is 17.2. The first kappa shape index (κ1) is 43.8. The van der Waals surface area contributed by atoms with E-state index in [2.05, 4.69) is 260 Å². The van der Waals surface area contributed by atoms with E-state index < -0.39 is 0 Å². The van der Waals surface area contributed by atoms with E-state index in [1.54, 1.807) is 0 Å². The van der Waals surface area contributed by atoms with E-state index in [1.807, 2.05) is 0 Å². The van der Waals surface area contributed by atoms with Crippen molar-refractivity contribution in [1.29, 1.82) is 0 Å². The quantitative estimate of drug-likeness (QED) is 0.159. The van der Waals surface area contributed by atoms with E-state index in [1.165, 1.54) is 139 Å². The van der Waals surface area contributed by atoms with Gasteiger partial charge in [0.15, 0.2) is 0 Å². The second-order valence-corrected chi connectivity index (χ2v) is 21.8. The maximum atomic E-state index is 2.55. The van der Waals surface area contributed by atoms with Crippen LogP contribution >= 0.6 is 0 Å². The Bertz CT molecular complexity index is 4120. The Kier molecular flexibility index (Phi) is 10.0. The summed E-state index contributed by atoms with van der Waals surface area (Å²) in [6.45, 7) is 4.94. The van der Waals surface area contributed by atoms with Gasteiger partial charge in [0, 0.05) is 34.1 Å². The van der Waals surface area contributed by atoms with Crippen LogP contribution in [0.3, 0.4) is 0 Å². The Hall–Kier alpha value is -8.72. The molecule has 0 saturated heterocycles. The first-order chi connectivity index (χ1) is 37.0. The largest absolute Gasteiger partial charge is 0.310 e. The number of hydrogen-bond acceptors (Lipinski definition) is 2. The molecular weight excluding hydrogens is 905 g/mol. The summed E-state index contributed by atoms with van der Waals surface area (Å²) < 4.78 is 0. The van der Waals surface area contributed by atoms with Crippen molar-refractivity contribution in [2.75, 3.05) is 9.80 Å². The zero-order chi connectivity index (χ0) is 49.8. The highest BCUT2D eigenvalue weighted by Crippen LogP contribution is 2.57. The van der Waals surface area contributed by atoms with E-state index in [0.29, 0.717) is 5.92 Å². The first-order valence-corrected chi connectivity index (χ1v) is 27.0. The molecule has 11 aromatic rings. The van der Waals surface area contributed by atoms with Gasteiger partial charge in [-0.05, 0) is 203 Å². The zero-order valence-corrected chi connectivity index (χ0v) is 42.5. The molecule has 2 aliphatic heterocycles. The van der Waals surface area contributed by atoms with Gasteiger partial charge in [0.2, 0.25) is 0 Å². The molecule has 2 aliphatic carbocycles. The Labute approximate surface area is 440 Å². The Morgan fingerprint density at radius 1 is 0.373 bits per heavy atom. The third-order valence-electron chi connectivity index (χ3n) is 17.5. The molecule has 358 valence electrons. The minimum atomic E-state index is -0.0269. The van der Waals surface area contributed by atoms with Crippen LogP contribution in [0.15, 0.2) is 237 Å². The number of rotatable bonds is 5. The predicted molar refractivity (Wildman–Crippen MR) is 318 cm³/mol. The molecule has 15 rings (SSSR count). The molecule has 2 nitrogen and oxygen atoms in total. The third kappa shape index (κ3) is 6.93. The molecule has 0 fully saturated rings. The van der Waals surface area contributed by atoms with Crippen LogP contribution in [0.1, 0.15) is 59.2 Å². The molecule has 4 aliphatic rings. The number of anilines is 6. The Morgan fingerprint density at radius 3 is 1.48 bits per heavy atom. The van der Waals surface area contributed by atoms with Crippen LogP contribution in [0.5, 0.6) is 0 Å².